The minimum absolute atomic E-state index is 0.0212. The first kappa shape index (κ1) is 22.7. The largest absolute Gasteiger partial charge is 0.490 e. The van der Waals surface area contributed by atoms with Crippen molar-refractivity contribution in [3.8, 4) is 0 Å². The molecule has 12 heteroatoms. The van der Waals surface area contributed by atoms with E-state index in [9.17, 15) is 21.6 Å². The lowest BCUT2D eigenvalue weighted by molar-refractivity contribution is -0.192. The first-order chi connectivity index (χ1) is 13.0. The van der Waals surface area contributed by atoms with Crippen molar-refractivity contribution in [1.29, 1.82) is 0 Å². The van der Waals surface area contributed by atoms with E-state index in [0.29, 0.717) is 19.7 Å². The molecule has 1 N–H and O–H groups in total. The van der Waals surface area contributed by atoms with E-state index in [0.717, 1.165) is 25.4 Å². The Hall–Kier alpha value is -1.63. The predicted molar refractivity (Wildman–Crippen MR) is 91.9 cm³/mol. The molecule has 0 bridgehead atoms. The number of halogens is 3. The van der Waals surface area contributed by atoms with Gasteiger partial charge in [0.1, 0.15) is 5.76 Å². The average Bonchev–Trinajstić information content (AvgIpc) is 3.21. The molecule has 0 spiro atoms. The van der Waals surface area contributed by atoms with Gasteiger partial charge in [-0.1, -0.05) is 0 Å². The zero-order valence-corrected chi connectivity index (χ0v) is 16.1. The van der Waals surface area contributed by atoms with Gasteiger partial charge < -0.3 is 14.3 Å². The summed E-state index contributed by atoms with van der Waals surface area (Å²) >= 11 is 0. The molecule has 0 aromatic carbocycles. The van der Waals surface area contributed by atoms with Gasteiger partial charge in [-0.05, 0) is 19.1 Å². The number of ether oxygens (including phenoxy) is 1. The van der Waals surface area contributed by atoms with Crippen molar-refractivity contribution < 1.29 is 40.6 Å². The lowest BCUT2D eigenvalue weighted by Crippen LogP contribution is -2.34. The maximum Gasteiger partial charge on any atom is 0.490 e. The number of carbonyl (C=O) groups is 1. The standard InChI is InChI=1S/C14H22N2O4S.C2HF3O2/c1-2-21(17,18)16-9-12-8-15(5-7-20-14(12)11-16)10-13-4-3-6-19-13;3-2(4,5)1(6)7/h3-4,6,12,14H,2,5,7-11H2,1H3;(H,6,7)/t12-,14+;/m0./s1. The number of fused-ring (bicyclic) bond motifs is 1. The van der Waals surface area contributed by atoms with Crippen LogP contribution in [0, 0.1) is 5.92 Å². The molecule has 160 valence electrons. The fraction of sp³-hybridized carbons (Fsp3) is 0.688. The Kier molecular flexibility index (Phi) is 7.48. The summed E-state index contributed by atoms with van der Waals surface area (Å²) in [5.74, 6) is -1.43. The Morgan fingerprint density at radius 3 is 2.54 bits per heavy atom. The third-order valence-electron chi connectivity index (χ3n) is 4.54. The van der Waals surface area contributed by atoms with Crippen molar-refractivity contribution in [1.82, 2.24) is 9.21 Å². The highest BCUT2D eigenvalue weighted by Gasteiger charge is 2.40. The van der Waals surface area contributed by atoms with Crippen LogP contribution in [0.2, 0.25) is 0 Å². The van der Waals surface area contributed by atoms with Crippen molar-refractivity contribution in [2.24, 2.45) is 5.92 Å². The maximum atomic E-state index is 12.0. The van der Waals surface area contributed by atoms with E-state index in [2.05, 4.69) is 4.90 Å². The number of hydrogen-bond donors (Lipinski definition) is 1. The molecule has 0 aliphatic carbocycles. The molecule has 1 aromatic heterocycles. The van der Waals surface area contributed by atoms with Crippen LogP contribution in [0.4, 0.5) is 13.2 Å². The molecule has 8 nitrogen and oxygen atoms in total. The van der Waals surface area contributed by atoms with Gasteiger partial charge in [-0.3, -0.25) is 4.90 Å². The Morgan fingerprint density at radius 2 is 2.00 bits per heavy atom. The molecule has 3 rings (SSSR count). The SMILES string of the molecule is CCS(=O)(=O)N1C[C@@H]2CN(Cc3ccco3)CCO[C@@H]2C1.O=C(O)C(F)(F)F. The first-order valence-corrected chi connectivity index (χ1v) is 10.3. The lowest BCUT2D eigenvalue weighted by atomic mass is 10.1. The van der Waals surface area contributed by atoms with Crippen molar-refractivity contribution >= 4 is 16.0 Å². The summed E-state index contributed by atoms with van der Waals surface area (Å²) in [6.45, 7) is 5.84. The van der Waals surface area contributed by atoms with Gasteiger partial charge in [-0.15, -0.1) is 0 Å². The van der Waals surface area contributed by atoms with Crippen LogP contribution in [0.1, 0.15) is 12.7 Å². The van der Waals surface area contributed by atoms with E-state index in [1.807, 2.05) is 12.1 Å². The normalized spacial score (nSPS) is 24.1. The van der Waals surface area contributed by atoms with Crippen LogP contribution in [0.3, 0.4) is 0 Å². The van der Waals surface area contributed by atoms with Crippen LogP contribution in [0.25, 0.3) is 0 Å². The number of nitrogens with zero attached hydrogens (tertiary/aromatic N) is 2. The lowest BCUT2D eigenvalue weighted by Gasteiger charge is -2.22. The van der Waals surface area contributed by atoms with Gasteiger partial charge in [-0.25, -0.2) is 13.2 Å². The fourth-order valence-electron chi connectivity index (χ4n) is 3.10. The molecule has 3 heterocycles. The minimum Gasteiger partial charge on any atom is -0.475 e. The zero-order chi connectivity index (χ0) is 20.9. The Balaban J connectivity index is 0.000000345. The van der Waals surface area contributed by atoms with E-state index in [4.69, 9.17) is 19.1 Å². The third-order valence-corrected chi connectivity index (χ3v) is 6.35. The summed E-state index contributed by atoms with van der Waals surface area (Å²) in [6, 6.07) is 3.85. The summed E-state index contributed by atoms with van der Waals surface area (Å²) in [6.07, 6.45) is -3.38. The molecule has 1 aromatic rings. The number of carboxylic acid groups (broad SMARTS) is 1. The maximum absolute atomic E-state index is 12.0. The number of furan rings is 1. The van der Waals surface area contributed by atoms with E-state index < -0.39 is 22.2 Å². The van der Waals surface area contributed by atoms with Gasteiger partial charge in [0, 0.05) is 32.1 Å². The number of alkyl halides is 3. The molecule has 0 saturated carbocycles. The number of sulfonamides is 1. The quantitative estimate of drug-likeness (QED) is 0.774. The minimum atomic E-state index is -5.08. The molecule has 0 radical (unpaired) electrons. The molecule has 0 unspecified atom stereocenters. The summed E-state index contributed by atoms with van der Waals surface area (Å²) in [7, 11) is -3.12. The van der Waals surface area contributed by atoms with Crippen LogP contribution in [-0.2, 0) is 26.1 Å². The average molecular weight is 428 g/mol. The van der Waals surface area contributed by atoms with Crippen LogP contribution >= 0.6 is 0 Å². The van der Waals surface area contributed by atoms with E-state index in [-0.39, 0.29) is 17.8 Å². The van der Waals surface area contributed by atoms with Gasteiger partial charge in [0.25, 0.3) is 0 Å². The number of hydrogen-bond acceptors (Lipinski definition) is 6. The monoisotopic (exact) mass is 428 g/mol. The molecule has 2 saturated heterocycles. The Labute approximate surface area is 160 Å². The van der Waals surface area contributed by atoms with Crippen LogP contribution in [0.15, 0.2) is 22.8 Å². The smallest absolute Gasteiger partial charge is 0.475 e. The van der Waals surface area contributed by atoms with Crippen LogP contribution < -0.4 is 0 Å². The zero-order valence-electron chi connectivity index (χ0n) is 15.3. The van der Waals surface area contributed by atoms with Gasteiger partial charge in [0.15, 0.2) is 0 Å². The molecule has 28 heavy (non-hydrogen) atoms. The first-order valence-electron chi connectivity index (χ1n) is 8.67. The molecule has 0 amide bonds. The fourth-order valence-corrected chi connectivity index (χ4v) is 4.26. The summed E-state index contributed by atoms with van der Waals surface area (Å²) in [5.41, 5.74) is 0. The second kappa shape index (κ2) is 9.25. The molecule has 2 atom stereocenters. The van der Waals surface area contributed by atoms with E-state index in [1.165, 1.54) is 0 Å². The molecular formula is C16H23F3N2O6S. The van der Waals surface area contributed by atoms with Crippen molar-refractivity contribution in [3.05, 3.63) is 24.2 Å². The predicted octanol–water partition coefficient (Wildman–Crippen LogP) is 1.40. The number of rotatable bonds is 4. The van der Waals surface area contributed by atoms with Crippen LogP contribution in [0.5, 0.6) is 0 Å². The summed E-state index contributed by atoms with van der Waals surface area (Å²) in [4.78, 5) is 11.2. The van der Waals surface area contributed by atoms with E-state index >= 15 is 0 Å². The number of carboxylic acids is 1. The highest BCUT2D eigenvalue weighted by Crippen LogP contribution is 2.26. The van der Waals surface area contributed by atoms with Gasteiger partial charge >= 0.3 is 12.1 Å². The number of aliphatic carboxylic acids is 1. The summed E-state index contributed by atoms with van der Waals surface area (Å²) < 4.78 is 68.6. The van der Waals surface area contributed by atoms with Crippen molar-refractivity contribution in [2.75, 3.05) is 38.5 Å². The second-order valence-electron chi connectivity index (χ2n) is 6.50. The Bertz CT molecular complexity index is 738. The summed E-state index contributed by atoms with van der Waals surface area (Å²) in [5, 5.41) is 7.12. The Morgan fingerprint density at radius 1 is 1.32 bits per heavy atom. The van der Waals surface area contributed by atoms with Crippen molar-refractivity contribution in [3.63, 3.8) is 0 Å². The molecule has 2 aliphatic heterocycles. The molecular weight excluding hydrogens is 405 g/mol. The highest BCUT2D eigenvalue weighted by atomic mass is 32.2. The van der Waals surface area contributed by atoms with Crippen molar-refractivity contribution in [2.45, 2.75) is 25.7 Å². The highest BCUT2D eigenvalue weighted by molar-refractivity contribution is 7.89. The molecule has 2 aliphatic rings. The van der Waals surface area contributed by atoms with Crippen LogP contribution in [-0.4, -0.2) is 79.5 Å². The van der Waals surface area contributed by atoms with Gasteiger partial charge in [0.2, 0.25) is 10.0 Å². The second-order valence-corrected chi connectivity index (χ2v) is 8.76. The topological polar surface area (TPSA) is 100 Å². The third kappa shape index (κ3) is 6.19. The van der Waals surface area contributed by atoms with Gasteiger partial charge in [-0.2, -0.15) is 17.5 Å². The van der Waals surface area contributed by atoms with Gasteiger partial charge in [0.05, 0.1) is 31.3 Å². The van der Waals surface area contributed by atoms with E-state index in [1.54, 1.807) is 17.5 Å². The molecule has 2 fully saturated rings.